The summed E-state index contributed by atoms with van der Waals surface area (Å²) in [6.07, 6.45) is 1.48. The molecule has 0 aliphatic carbocycles. The van der Waals surface area contributed by atoms with Crippen LogP contribution in [0.5, 0.6) is 11.5 Å². The standard InChI is InChI=1S/C18H17NO6/c1-10(20)15-16(11-5-6-13(21)14(8-11)24-2)19(18(23)17(15)22)9-12-4-3-7-25-12/h3-8,16,21-22H,9H2,1-2H3/t16-/m0/s1. The summed E-state index contributed by atoms with van der Waals surface area (Å²) in [6, 6.07) is 7.11. The number of benzene rings is 1. The third-order valence-electron chi connectivity index (χ3n) is 4.11. The number of furan rings is 1. The molecule has 130 valence electrons. The molecule has 0 radical (unpaired) electrons. The van der Waals surface area contributed by atoms with Crippen molar-refractivity contribution >= 4 is 11.7 Å². The second-order valence-corrected chi connectivity index (χ2v) is 5.66. The van der Waals surface area contributed by atoms with Crippen LogP contribution < -0.4 is 4.74 Å². The summed E-state index contributed by atoms with van der Waals surface area (Å²) in [7, 11) is 1.40. The van der Waals surface area contributed by atoms with Crippen LogP contribution >= 0.6 is 0 Å². The van der Waals surface area contributed by atoms with Gasteiger partial charge in [-0.05, 0) is 36.8 Å². The number of nitrogens with zero attached hydrogens (tertiary/aromatic N) is 1. The number of ketones is 1. The van der Waals surface area contributed by atoms with Gasteiger partial charge < -0.3 is 24.3 Å². The Labute approximate surface area is 143 Å². The number of phenolic OH excluding ortho intramolecular Hbond substituents is 1. The lowest BCUT2D eigenvalue weighted by atomic mass is 9.96. The van der Waals surface area contributed by atoms with Crippen LogP contribution in [0.2, 0.25) is 0 Å². The van der Waals surface area contributed by atoms with E-state index in [-0.39, 0.29) is 23.6 Å². The second kappa shape index (κ2) is 6.35. The lowest BCUT2D eigenvalue weighted by Gasteiger charge is -2.26. The average molecular weight is 343 g/mol. The lowest BCUT2D eigenvalue weighted by Crippen LogP contribution is -2.30. The molecule has 0 saturated heterocycles. The van der Waals surface area contributed by atoms with E-state index in [0.29, 0.717) is 11.3 Å². The number of hydrogen-bond acceptors (Lipinski definition) is 6. The maximum Gasteiger partial charge on any atom is 0.290 e. The van der Waals surface area contributed by atoms with E-state index < -0.39 is 23.5 Å². The molecule has 2 aromatic rings. The smallest absolute Gasteiger partial charge is 0.290 e. The van der Waals surface area contributed by atoms with Gasteiger partial charge >= 0.3 is 0 Å². The van der Waals surface area contributed by atoms with Crippen molar-refractivity contribution < 1.29 is 29.0 Å². The normalized spacial score (nSPS) is 17.3. The van der Waals surface area contributed by atoms with E-state index in [0.717, 1.165) is 0 Å². The number of Topliss-reactive ketones (excluding diaryl/α,β-unsaturated/α-hetero) is 1. The third-order valence-corrected chi connectivity index (χ3v) is 4.11. The monoisotopic (exact) mass is 343 g/mol. The number of phenols is 1. The Hall–Kier alpha value is -3.22. The fourth-order valence-electron chi connectivity index (χ4n) is 2.96. The van der Waals surface area contributed by atoms with Crippen LogP contribution in [-0.2, 0) is 16.1 Å². The Morgan fingerprint density at radius 2 is 2.08 bits per heavy atom. The number of hydrogen-bond donors (Lipinski definition) is 2. The van der Waals surface area contributed by atoms with Crippen LogP contribution in [0.25, 0.3) is 0 Å². The number of aliphatic hydroxyl groups excluding tert-OH is 1. The lowest BCUT2D eigenvalue weighted by molar-refractivity contribution is -0.130. The molecule has 1 atom stereocenters. The van der Waals surface area contributed by atoms with Crippen molar-refractivity contribution in [1.82, 2.24) is 4.90 Å². The molecule has 0 bridgehead atoms. The van der Waals surface area contributed by atoms with E-state index in [2.05, 4.69) is 0 Å². The minimum Gasteiger partial charge on any atom is -0.504 e. The predicted octanol–water partition coefficient (Wildman–Crippen LogP) is 2.48. The van der Waals surface area contributed by atoms with Gasteiger partial charge in [0.05, 0.1) is 31.5 Å². The quantitative estimate of drug-likeness (QED) is 0.865. The van der Waals surface area contributed by atoms with Crippen molar-refractivity contribution in [3.05, 3.63) is 59.3 Å². The molecular formula is C18H17NO6. The molecule has 1 aliphatic rings. The van der Waals surface area contributed by atoms with E-state index in [9.17, 15) is 19.8 Å². The summed E-state index contributed by atoms with van der Waals surface area (Å²) in [4.78, 5) is 25.9. The van der Waals surface area contributed by atoms with Crippen LogP contribution in [0.3, 0.4) is 0 Å². The Morgan fingerprint density at radius 3 is 2.68 bits per heavy atom. The van der Waals surface area contributed by atoms with Crippen molar-refractivity contribution in [1.29, 1.82) is 0 Å². The zero-order chi connectivity index (χ0) is 18.1. The van der Waals surface area contributed by atoms with Crippen molar-refractivity contribution in [2.24, 2.45) is 0 Å². The van der Waals surface area contributed by atoms with Crippen LogP contribution in [0, 0.1) is 0 Å². The van der Waals surface area contributed by atoms with Crippen LogP contribution in [0.4, 0.5) is 0 Å². The highest BCUT2D eigenvalue weighted by Crippen LogP contribution is 2.41. The first-order valence-corrected chi connectivity index (χ1v) is 7.58. The fraction of sp³-hybridized carbons (Fsp3) is 0.222. The zero-order valence-electron chi connectivity index (χ0n) is 13.7. The molecule has 0 unspecified atom stereocenters. The van der Waals surface area contributed by atoms with Gasteiger partial charge in [-0.15, -0.1) is 0 Å². The van der Waals surface area contributed by atoms with E-state index >= 15 is 0 Å². The van der Waals surface area contributed by atoms with Gasteiger partial charge in [-0.3, -0.25) is 9.59 Å². The zero-order valence-corrected chi connectivity index (χ0v) is 13.7. The third kappa shape index (κ3) is 2.84. The van der Waals surface area contributed by atoms with E-state index in [4.69, 9.17) is 9.15 Å². The first-order chi connectivity index (χ1) is 11.9. The molecule has 0 saturated carbocycles. The van der Waals surface area contributed by atoms with Gasteiger partial charge in [-0.2, -0.15) is 0 Å². The van der Waals surface area contributed by atoms with Crippen LogP contribution in [0.15, 0.2) is 52.3 Å². The molecule has 1 aromatic carbocycles. The van der Waals surface area contributed by atoms with Gasteiger partial charge in [0.2, 0.25) is 0 Å². The van der Waals surface area contributed by atoms with E-state index in [1.165, 1.54) is 37.3 Å². The van der Waals surface area contributed by atoms with Gasteiger partial charge in [-0.25, -0.2) is 0 Å². The van der Waals surface area contributed by atoms with Gasteiger partial charge in [0.15, 0.2) is 23.0 Å². The maximum atomic E-state index is 12.5. The second-order valence-electron chi connectivity index (χ2n) is 5.66. The van der Waals surface area contributed by atoms with Gasteiger partial charge in [0.1, 0.15) is 5.76 Å². The number of aliphatic hydroxyl groups is 1. The molecule has 2 heterocycles. The van der Waals surface area contributed by atoms with Crippen LogP contribution in [0.1, 0.15) is 24.3 Å². The molecular weight excluding hydrogens is 326 g/mol. The number of carbonyl (C=O) groups excluding carboxylic acids is 2. The Bertz CT molecular complexity index is 852. The topological polar surface area (TPSA) is 100 Å². The molecule has 25 heavy (non-hydrogen) atoms. The molecule has 0 fully saturated rings. The Balaban J connectivity index is 2.09. The summed E-state index contributed by atoms with van der Waals surface area (Å²) in [6.45, 7) is 1.38. The first-order valence-electron chi connectivity index (χ1n) is 7.58. The van der Waals surface area contributed by atoms with E-state index in [1.54, 1.807) is 18.2 Å². The van der Waals surface area contributed by atoms with Crippen molar-refractivity contribution in [2.45, 2.75) is 19.5 Å². The largest absolute Gasteiger partial charge is 0.504 e. The maximum absolute atomic E-state index is 12.5. The first kappa shape index (κ1) is 16.6. The molecule has 7 heteroatoms. The summed E-state index contributed by atoms with van der Waals surface area (Å²) >= 11 is 0. The predicted molar refractivity (Wildman–Crippen MR) is 87.0 cm³/mol. The highest BCUT2D eigenvalue weighted by molar-refractivity contribution is 6.08. The molecule has 7 nitrogen and oxygen atoms in total. The highest BCUT2D eigenvalue weighted by Gasteiger charge is 2.42. The number of aromatic hydroxyl groups is 1. The summed E-state index contributed by atoms with van der Waals surface area (Å²) in [5.74, 6) is -0.982. The number of rotatable bonds is 5. The minimum absolute atomic E-state index is 0.00398. The number of ether oxygens (including phenoxy) is 1. The van der Waals surface area contributed by atoms with Crippen molar-refractivity contribution in [3.63, 3.8) is 0 Å². The fourth-order valence-corrected chi connectivity index (χ4v) is 2.96. The number of methoxy groups -OCH3 is 1. The molecule has 2 N–H and O–H groups in total. The summed E-state index contributed by atoms with van der Waals surface area (Å²) in [5.41, 5.74) is 0.535. The van der Waals surface area contributed by atoms with Crippen molar-refractivity contribution in [3.8, 4) is 11.5 Å². The number of amides is 1. The SMILES string of the molecule is COc1cc([C@H]2C(C(C)=O)=C(O)C(=O)N2Cc2ccco2)ccc1O. The van der Waals surface area contributed by atoms with Crippen LogP contribution in [-0.4, -0.2) is 33.9 Å². The minimum atomic E-state index is -0.801. The van der Waals surface area contributed by atoms with Gasteiger partial charge in [0.25, 0.3) is 5.91 Å². The van der Waals surface area contributed by atoms with E-state index in [1.807, 2.05) is 0 Å². The van der Waals surface area contributed by atoms with Crippen molar-refractivity contribution in [2.75, 3.05) is 7.11 Å². The molecule has 1 amide bonds. The van der Waals surface area contributed by atoms with Gasteiger partial charge in [-0.1, -0.05) is 6.07 Å². The molecule has 1 aromatic heterocycles. The molecule has 1 aliphatic heterocycles. The molecule has 3 rings (SSSR count). The highest BCUT2D eigenvalue weighted by atomic mass is 16.5. The number of carbonyl (C=O) groups is 2. The average Bonchev–Trinajstić information content (AvgIpc) is 3.17. The summed E-state index contributed by atoms with van der Waals surface area (Å²) in [5, 5.41) is 20.0. The van der Waals surface area contributed by atoms with Gasteiger partial charge in [0, 0.05) is 0 Å². The Morgan fingerprint density at radius 1 is 1.32 bits per heavy atom. The summed E-state index contributed by atoms with van der Waals surface area (Å²) < 4.78 is 10.4. The molecule has 0 spiro atoms. The Kier molecular flexibility index (Phi) is 4.22.